The lowest BCUT2D eigenvalue weighted by Crippen LogP contribution is -2.44. The smallest absolute Gasteiger partial charge is 0.0556 e. The highest BCUT2D eigenvalue weighted by molar-refractivity contribution is 4.85. The average molecular weight is 199 g/mol. The van der Waals surface area contributed by atoms with Crippen molar-refractivity contribution in [2.24, 2.45) is 5.41 Å². The van der Waals surface area contributed by atoms with Crippen molar-refractivity contribution in [2.75, 3.05) is 39.5 Å². The van der Waals surface area contributed by atoms with Gasteiger partial charge in [-0.15, -0.1) is 0 Å². The molecule has 2 aliphatic rings. The van der Waals surface area contributed by atoms with Crippen LogP contribution in [0.3, 0.4) is 0 Å². The van der Waals surface area contributed by atoms with E-state index < -0.39 is 0 Å². The van der Waals surface area contributed by atoms with Crippen LogP contribution in [0.5, 0.6) is 0 Å². The van der Waals surface area contributed by atoms with Crippen molar-refractivity contribution in [3.8, 4) is 0 Å². The van der Waals surface area contributed by atoms with Gasteiger partial charge >= 0.3 is 0 Å². The maximum atomic E-state index is 9.50. The summed E-state index contributed by atoms with van der Waals surface area (Å²) in [5.74, 6) is 0. The topological polar surface area (TPSA) is 32.7 Å². The van der Waals surface area contributed by atoms with Crippen molar-refractivity contribution in [3.63, 3.8) is 0 Å². The molecule has 1 unspecified atom stereocenters. The number of ether oxygens (including phenoxy) is 1. The third-order valence-corrected chi connectivity index (χ3v) is 3.50. The van der Waals surface area contributed by atoms with Crippen molar-refractivity contribution in [3.05, 3.63) is 0 Å². The van der Waals surface area contributed by atoms with Gasteiger partial charge in [0.15, 0.2) is 0 Å². The number of likely N-dealkylation sites (tertiary alicyclic amines) is 1. The molecule has 2 heterocycles. The standard InChI is InChI=1S/C11H21NO2/c13-9-11(4-3-7-14-10-11)8-12-5-1-2-6-12/h13H,1-10H2. The normalized spacial score (nSPS) is 34.9. The van der Waals surface area contributed by atoms with E-state index in [1.165, 1.54) is 25.9 Å². The zero-order valence-corrected chi connectivity index (χ0v) is 8.87. The second-order valence-electron chi connectivity index (χ2n) is 4.80. The van der Waals surface area contributed by atoms with E-state index in [4.69, 9.17) is 4.74 Å². The van der Waals surface area contributed by atoms with Crippen LogP contribution in [0.25, 0.3) is 0 Å². The summed E-state index contributed by atoms with van der Waals surface area (Å²) in [7, 11) is 0. The van der Waals surface area contributed by atoms with Gasteiger partial charge in [-0.2, -0.15) is 0 Å². The summed E-state index contributed by atoms with van der Waals surface area (Å²) in [6.07, 6.45) is 4.87. The lowest BCUT2D eigenvalue weighted by atomic mass is 9.83. The Morgan fingerprint density at radius 2 is 2.00 bits per heavy atom. The Balaban J connectivity index is 1.89. The van der Waals surface area contributed by atoms with Gasteiger partial charge in [0, 0.05) is 18.6 Å². The largest absolute Gasteiger partial charge is 0.396 e. The molecule has 0 saturated carbocycles. The fraction of sp³-hybridized carbons (Fsp3) is 1.00. The summed E-state index contributed by atoms with van der Waals surface area (Å²) in [5.41, 5.74) is 0.0442. The number of nitrogens with zero attached hydrogens (tertiary/aromatic N) is 1. The second kappa shape index (κ2) is 4.60. The van der Waals surface area contributed by atoms with Gasteiger partial charge in [0.1, 0.15) is 0 Å². The van der Waals surface area contributed by atoms with Crippen LogP contribution in [0.2, 0.25) is 0 Å². The van der Waals surface area contributed by atoms with Crippen molar-refractivity contribution >= 4 is 0 Å². The lowest BCUT2D eigenvalue weighted by molar-refractivity contribution is -0.0525. The van der Waals surface area contributed by atoms with E-state index in [-0.39, 0.29) is 12.0 Å². The molecule has 2 fully saturated rings. The first-order chi connectivity index (χ1) is 6.85. The van der Waals surface area contributed by atoms with Crippen LogP contribution in [-0.2, 0) is 4.74 Å². The van der Waals surface area contributed by atoms with Gasteiger partial charge in [0.25, 0.3) is 0 Å². The quantitative estimate of drug-likeness (QED) is 0.732. The van der Waals surface area contributed by atoms with Gasteiger partial charge in [0.2, 0.25) is 0 Å². The summed E-state index contributed by atoms with van der Waals surface area (Å²) >= 11 is 0. The molecule has 0 radical (unpaired) electrons. The molecule has 0 aromatic rings. The van der Waals surface area contributed by atoms with Crippen LogP contribution >= 0.6 is 0 Å². The number of rotatable bonds is 3. The highest BCUT2D eigenvalue weighted by Gasteiger charge is 2.34. The summed E-state index contributed by atoms with van der Waals surface area (Å²) in [4.78, 5) is 2.48. The molecule has 2 rings (SSSR count). The average Bonchev–Trinajstić information content (AvgIpc) is 2.72. The van der Waals surface area contributed by atoms with E-state index in [2.05, 4.69) is 4.90 Å². The third kappa shape index (κ3) is 2.27. The van der Waals surface area contributed by atoms with E-state index in [1.54, 1.807) is 0 Å². The predicted molar refractivity (Wildman–Crippen MR) is 55.2 cm³/mol. The van der Waals surface area contributed by atoms with Crippen molar-refractivity contribution < 1.29 is 9.84 Å². The molecule has 14 heavy (non-hydrogen) atoms. The minimum Gasteiger partial charge on any atom is -0.396 e. The van der Waals surface area contributed by atoms with Gasteiger partial charge in [-0.3, -0.25) is 0 Å². The molecule has 3 nitrogen and oxygen atoms in total. The molecule has 0 spiro atoms. The van der Waals surface area contributed by atoms with Crippen LogP contribution in [0, 0.1) is 5.41 Å². The van der Waals surface area contributed by atoms with Crippen LogP contribution in [-0.4, -0.2) is 49.5 Å². The molecule has 0 aromatic carbocycles. The number of hydrogen-bond donors (Lipinski definition) is 1. The van der Waals surface area contributed by atoms with E-state index in [0.717, 1.165) is 32.6 Å². The van der Waals surface area contributed by atoms with Crippen LogP contribution in [0.4, 0.5) is 0 Å². The lowest BCUT2D eigenvalue weighted by Gasteiger charge is -2.38. The van der Waals surface area contributed by atoms with E-state index in [1.807, 2.05) is 0 Å². The Hall–Kier alpha value is -0.120. The van der Waals surface area contributed by atoms with E-state index in [0.29, 0.717) is 0 Å². The molecule has 0 aromatic heterocycles. The highest BCUT2D eigenvalue weighted by atomic mass is 16.5. The monoisotopic (exact) mass is 199 g/mol. The minimum atomic E-state index is 0.0442. The van der Waals surface area contributed by atoms with Crippen molar-refractivity contribution in [1.29, 1.82) is 0 Å². The number of hydrogen-bond acceptors (Lipinski definition) is 3. The van der Waals surface area contributed by atoms with E-state index in [9.17, 15) is 5.11 Å². The molecule has 3 heteroatoms. The summed E-state index contributed by atoms with van der Waals surface area (Å²) in [6.45, 7) is 5.36. The van der Waals surface area contributed by atoms with Gasteiger partial charge in [-0.25, -0.2) is 0 Å². The highest BCUT2D eigenvalue weighted by Crippen LogP contribution is 2.30. The SMILES string of the molecule is OCC1(CN2CCCC2)CCCOC1. The summed E-state index contributed by atoms with van der Waals surface area (Å²) in [5, 5.41) is 9.50. The third-order valence-electron chi connectivity index (χ3n) is 3.50. The maximum Gasteiger partial charge on any atom is 0.0556 e. The van der Waals surface area contributed by atoms with Gasteiger partial charge < -0.3 is 14.7 Å². The van der Waals surface area contributed by atoms with E-state index >= 15 is 0 Å². The maximum absolute atomic E-state index is 9.50. The number of aliphatic hydroxyl groups excluding tert-OH is 1. The molecule has 1 N–H and O–H groups in total. The molecular formula is C11H21NO2. The first-order valence-electron chi connectivity index (χ1n) is 5.76. The first kappa shape index (κ1) is 10.4. The zero-order chi connectivity index (χ0) is 9.86. The summed E-state index contributed by atoms with van der Waals surface area (Å²) < 4.78 is 5.50. The molecule has 1 atom stereocenters. The molecule has 2 aliphatic heterocycles. The fourth-order valence-electron chi connectivity index (χ4n) is 2.62. The Kier molecular flexibility index (Phi) is 3.42. The van der Waals surface area contributed by atoms with Crippen molar-refractivity contribution in [2.45, 2.75) is 25.7 Å². The Bertz CT molecular complexity index is 172. The molecule has 0 bridgehead atoms. The fourth-order valence-corrected chi connectivity index (χ4v) is 2.62. The molecule has 82 valence electrons. The minimum absolute atomic E-state index is 0.0442. The Morgan fingerprint density at radius 1 is 1.21 bits per heavy atom. The second-order valence-corrected chi connectivity index (χ2v) is 4.80. The van der Waals surface area contributed by atoms with Crippen LogP contribution < -0.4 is 0 Å². The Labute approximate surface area is 86.0 Å². The Morgan fingerprint density at radius 3 is 2.57 bits per heavy atom. The van der Waals surface area contributed by atoms with Crippen LogP contribution in [0.1, 0.15) is 25.7 Å². The molecule has 0 amide bonds. The molecule has 2 saturated heterocycles. The molecule has 0 aliphatic carbocycles. The van der Waals surface area contributed by atoms with Gasteiger partial charge in [-0.1, -0.05) is 0 Å². The predicted octanol–water partition coefficient (Wildman–Crippen LogP) is 0.871. The molecular weight excluding hydrogens is 178 g/mol. The summed E-state index contributed by atoms with van der Waals surface area (Å²) in [6, 6.07) is 0. The number of aliphatic hydroxyl groups is 1. The van der Waals surface area contributed by atoms with Crippen LogP contribution in [0.15, 0.2) is 0 Å². The first-order valence-corrected chi connectivity index (χ1v) is 5.76. The van der Waals surface area contributed by atoms with Gasteiger partial charge in [-0.05, 0) is 38.8 Å². The van der Waals surface area contributed by atoms with Crippen molar-refractivity contribution in [1.82, 2.24) is 4.90 Å². The van der Waals surface area contributed by atoms with Gasteiger partial charge in [0.05, 0.1) is 13.2 Å². The zero-order valence-electron chi connectivity index (χ0n) is 8.87.